The summed E-state index contributed by atoms with van der Waals surface area (Å²) in [7, 11) is -2.14. The van der Waals surface area contributed by atoms with Crippen LogP contribution < -0.4 is 10.0 Å². The molecule has 5 nitrogen and oxygen atoms in total. The molecule has 8 heteroatoms. The lowest BCUT2D eigenvalue weighted by atomic mass is 10.3. The molecule has 0 atom stereocenters. The standard InChI is InChI=1S/C12H11BrClN3O2S/c1-15-10-4-5-16-7-12(10)20(18,19)17-11-6-8(13)2-3-9(11)14/h2-7,17H,1H3,(H,15,16). The van der Waals surface area contributed by atoms with E-state index >= 15 is 0 Å². The molecule has 0 spiro atoms. The first-order valence-electron chi connectivity index (χ1n) is 5.53. The zero-order valence-electron chi connectivity index (χ0n) is 10.4. The minimum Gasteiger partial charge on any atom is -0.387 e. The third-order valence-electron chi connectivity index (χ3n) is 2.52. The van der Waals surface area contributed by atoms with Gasteiger partial charge in [-0.05, 0) is 24.3 Å². The summed E-state index contributed by atoms with van der Waals surface area (Å²) >= 11 is 9.25. The SMILES string of the molecule is CNc1ccncc1S(=O)(=O)Nc1cc(Br)ccc1Cl. The van der Waals surface area contributed by atoms with E-state index < -0.39 is 10.0 Å². The van der Waals surface area contributed by atoms with Gasteiger partial charge in [0.05, 0.1) is 16.4 Å². The van der Waals surface area contributed by atoms with Crippen LogP contribution in [0.1, 0.15) is 0 Å². The van der Waals surface area contributed by atoms with Gasteiger partial charge in [-0.2, -0.15) is 0 Å². The number of aromatic nitrogens is 1. The van der Waals surface area contributed by atoms with E-state index in [-0.39, 0.29) is 4.90 Å². The third kappa shape index (κ3) is 3.23. The lowest BCUT2D eigenvalue weighted by molar-refractivity contribution is 0.601. The number of halogens is 2. The molecule has 0 unspecified atom stereocenters. The topological polar surface area (TPSA) is 71.1 Å². The Morgan fingerprint density at radius 2 is 2.00 bits per heavy atom. The largest absolute Gasteiger partial charge is 0.387 e. The van der Waals surface area contributed by atoms with Gasteiger partial charge >= 0.3 is 0 Å². The highest BCUT2D eigenvalue weighted by Crippen LogP contribution is 2.29. The molecule has 0 aliphatic rings. The molecule has 0 aliphatic carbocycles. The summed E-state index contributed by atoms with van der Waals surface area (Å²) in [4.78, 5) is 3.89. The van der Waals surface area contributed by atoms with Crippen molar-refractivity contribution in [3.05, 3.63) is 46.2 Å². The van der Waals surface area contributed by atoms with Crippen molar-refractivity contribution in [1.29, 1.82) is 0 Å². The first-order chi connectivity index (χ1) is 9.44. The molecule has 1 aromatic carbocycles. The first-order valence-corrected chi connectivity index (χ1v) is 8.19. The predicted molar refractivity (Wildman–Crippen MR) is 83.7 cm³/mol. The second kappa shape index (κ2) is 5.99. The number of anilines is 2. The van der Waals surface area contributed by atoms with Crippen molar-refractivity contribution < 1.29 is 8.42 Å². The number of nitrogens with zero attached hydrogens (tertiary/aromatic N) is 1. The Labute approximate surface area is 130 Å². The Hall–Kier alpha value is -1.31. The fraction of sp³-hybridized carbons (Fsp3) is 0.0833. The molecule has 0 aliphatic heterocycles. The maximum absolute atomic E-state index is 12.4. The van der Waals surface area contributed by atoms with E-state index in [1.807, 2.05) is 0 Å². The van der Waals surface area contributed by atoms with Gasteiger partial charge in [-0.15, -0.1) is 0 Å². The van der Waals surface area contributed by atoms with Gasteiger partial charge in [0.1, 0.15) is 4.90 Å². The highest BCUT2D eigenvalue weighted by molar-refractivity contribution is 9.10. The lowest BCUT2D eigenvalue weighted by Gasteiger charge is -2.12. The van der Waals surface area contributed by atoms with Gasteiger partial charge < -0.3 is 5.32 Å². The van der Waals surface area contributed by atoms with E-state index in [9.17, 15) is 8.42 Å². The van der Waals surface area contributed by atoms with Crippen LogP contribution in [-0.4, -0.2) is 20.4 Å². The lowest BCUT2D eigenvalue weighted by Crippen LogP contribution is -2.15. The van der Waals surface area contributed by atoms with Crippen molar-refractivity contribution in [3.63, 3.8) is 0 Å². The molecule has 0 saturated heterocycles. The zero-order valence-corrected chi connectivity index (χ0v) is 13.6. The van der Waals surface area contributed by atoms with Crippen molar-refractivity contribution in [2.24, 2.45) is 0 Å². The molecule has 20 heavy (non-hydrogen) atoms. The molecule has 0 amide bonds. The van der Waals surface area contributed by atoms with Crippen LogP contribution in [0.2, 0.25) is 5.02 Å². The monoisotopic (exact) mass is 375 g/mol. The van der Waals surface area contributed by atoms with Crippen molar-refractivity contribution in [2.75, 3.05) is 17.1 Å². The number of pyridine rings is 1. The van der Waals surface area contributed by atoms with E-state index in [1.54, 1.807) is 31.3 Å². The molecule has 0 saturated carbocycles. The zero-order chi connectivity index (χ0) is 14.8. The Bertz CT molecular complexity index is 737. The second-order valence-corrected chi connectivity index (χ2v) is 6.83. The van der Waals surface area contributed by atoms with E-state index in [0.29, 0.717) is 16.4 Å². The van der Waals surface area contributed by atoms with E-state index in [4.69, 9.17) is 11.6 Å². The number of hydrogen-bond donors (Lipinski definition) is 2. The van der Waals surface area contributed by atoms with Crippen LogP contribution in [0.3, 0.4) is 0 Å². The average molecular weight is 377 g/mol. The molecule has 2 aromatic rings. The summed E-state index contributed by atoms with van der Waals surface area (Å²) in [6, 6.07) is 6.50. The number of rotatable bonds is 4. The van der Waals surface area contributed by atoms with Crippen molar-refractivity contribution in [3.8, 4) is 0 Å². The Morgan fingerprint density at radius 1 is 1.25 bits per heavy atom. The quantitative estimate of drug-likeness (QED) is 0.858. The molecule has 106 valence electrons. The summed E-state index contributed by atoms with van der Waals surface area (Å²) in [5, 5.41) is 3.12. The van der Waals surface area contributed by atoms with Crippen LogP contribution >= 0.6 is 27.5 Å². The van der Waals surface area contributed by atoms with Crippen LogP contribution in [0.4, 0.5) is 11.4 Å². The highest BCUT2D eigenvalue weighted by atomic mass is 79.9. The predicted octanol–water partition coefficient (Wildman–Crippen LogP) is 3.34. The van der Waals surface area contributed by atoms with E-state index in [0.717, 1.165) is 4.47 Å². The van der Waals surface area contributed by atoms with Gasteiger partial charge in [0.15, 0.2) is 0 Å². The van der Waals surface area contributed by atoms with Gasteiger partial charge in [-0.25, -0.2) is 8.42 Å². The molecule has 0 fully saturated rings. The average Bonchev–Trinajstić information content (AvgIpc) is 2.42. The summed E-state index contributed by atoms with van der Waals surface area (Å²) in [6.45, 7) is 0. The minimum atomic E-state index is -3.78. The maximum Gasteiger partial charge on any atom is 0.265 e. The number of benzene rings is 1. The van der Waals surface area contributed by atoms with Crippen LogP contribution in [0.15, 0.2) is 46.0 Å². The fourth-order valence-corrected chi connectivity index (χ4v) is 3.39. The maximum atomic E-state index is 12.4. The minimum absolute atomic E-state index is 0.0542. The van der Waals surface area contributed by atoms with Crippen LogP contribution in [0.5, 0.6) is 0 Å². The van der Waals surface area contributed by atoms with E-state index in [1.165, 1.54) is 12.4 Å². The van der Waals surface area contributed by atoms with Gasteiger partial charge in [-0.3, -0.25) is 9.71 Å². The molecule has 0 radical (unpaired) electrons. The smallest absolute Gasteiger partial charge is 0.265 e. The Balaban J connectivity index is 2.43. The fourth-order valence-electron chi connectivity index (χ4n) is 1.58. The summed E-state index contributed by atoms with van der Waals surface area (Å²) in [6.07, 6.45) is 2.79. The number of nitrogens with one attached hydrogen (secondary N) is 2. The molecular formula is C12H11BrClN3O2S. The summed E-state index contributed by atoms with van der Waals surface area (Å²) in [5.74, 6) is 0. The van der Waals surface area contributed by atoms with E-state index in [2.05, 4.69) is 31.0 Å². The summed E-state index contributed by atoms with van der Waals surface area (Å²) < 4.78 is 27.9. The molecule has 1 aromatic heterocycles. The van der Waals surface area contributed by atoms with Crippen LogP contribution in [0.25, 0.3) is 0 Å². The van der Waals surface area contributed by atoms with Gasteiger partial charge in [0, 0.05) is 23.9 Å². The van der Waals surface area contributed by atoms with Gasteiger partial charge in [-0.1, -0.05) is 27.5 Å². The third-order valence-corrected chi connectivity index (χ3v) is 4.73. The van der Waals surface area contributed by atoms with Crippen LogP contribution in [0, 0.1) is 0 Å². The summed E-state index contributed by atoms with van der Waals surface area (Å²) in [5.41, 5.74) is 0.755. The van der Waals surface area contributed by atoms with Crippen molar-refractivity contribution in [2.45, 2.75) is 4.90 Å². The van der Waals surface area contributed by atoms with Gasteiger partial charge in [0.2, 0.25) is 0 Å². The molecule has 1 heterocycles. The van der Waals surface area contributed by atoms with Crippen molar-refractivity contribution >= 4 is 48.9 Å². The Kier molecular flexibility index (Phi) is 4.52. The molecule has 2 N–H and O–H groups in total. The second-order valence-electron chi connectivity index (χ2n) is 3.85. The normalized spacial score (nSPS) is 11.2. The highest BCUT2D eigenvalue weighted by Gasteiger charge is 2.19. The molecular weight excluding hydrogens is 366 g/mol. The first kappa shape index (κ1) is 15.1. The van der Waals surface area contributed by atoms with Gasteiger partial charge in [0.25, 0.3) is 10.0 Å². The Morgan fingerprint density at radius 3 is 2.70 bits per heavy atom. The molecule has 2 rings (SSSR count). The number of sulfonamides is 1. The van der Waals surface area contributed by atoms with Crippen LogP contribution in [-0.2, 0) is 10.0 Å². The number of hydrogen-bond acceptors (Lipinski definition) is 4. The van der Waals surface area contributed by atoms with Crippen molar-refractivity contribution in [1.82, 2.24) is 4.98 Å². The molecule has 0 bridgehead atoms.